The minimum atomic E-state index is -4.86. The molecule has 3 nitrogen and oxygen atoms in total. The molecule has 0 spiro atoms. The van der Waals surface area contributed by atoms with Gasteiger partial charge in [0.05, 0.1) is 0 Å². The van der Waals surface area contributed by atoms with E-state index in [2.05, 4.69) is 5.10 Å². The number of hydrogen-bond donors (Lipinski definition) is 0. The van der Waals surface area contributed by atoms with E-state index in [0.717, 1.165) is 12.4 Å². The van der Waals surface area contributed by atoms with E-state index in [0.29, 0.717) is 0 Å². The van der Waals surface area contributed by atoms with Crippen LogP contribution < -0.4 is 0 Å². The fourth-order valence-corrected chi connectivity index (χ4v) is 0.519. The summed E-state index contributed by atoms with van der Waals surface area (Å²) in [5.74, 6) is -1.98. The topological polar surface area (TPSA) is 34.9 Å². The minimum Gasteiger partial charge on any atom is -0.262 e. The van der Waals surface area contributed by atoms with Gasteiger partial charge in [-0.2, -0.15) is 18.3 Å². The highest BCUT2D eigenvalue weighted by molar-refractivity contribution is 5.83. The van der Waals surface area contributed by atoms with E-state index in [9.17, 15) is 18.0 Å². The van der Waals surface area contributed by atoms with Crippen molar-refractivity contribution in [3.63, 3.8) is 0 Å². The molecule has 1 aromatic rings. The molecule has 0 N–H and O–H groups in total. The lowest BCUT2D eigenvalue weighted by Crippen LogP contribution is -2.29. The predicted octanol–water partition coefficient (Wildman–Crippen LogP) is 1.09. The molecule has 1 heterocycles. The van der Waals surface area contributed by atoms with Crippen LogP contribution in [-0.4, -0.2) is 21.9 Å². The molecule has 0 unspecified atom stereocenters. The normalized spacial score (nSPS) is 11.5. The van der Waals surface area contributed by atoms with Crippen molar-refractivity contribution in [3.05, 3.63) is 18.5 Å². The van der Waals surface area contributed by atoms with E-state index < -0.39 is 12.1 Å². The number of hydrogen-bond acceptors (Lipinski definition) is 2. The Labute approximate surface area is 59.4 Å². The van der Waals surface area contributed by atoms with Crippen molar-refractivity contribution >= 4 is 5.91 Å². The van der Waals surface area contributed by atoms with Gasteiger partial charge >= 0.3 is 12.1 Å². The van der Waals surface area contributed by atoms with E-state index in [1.165, 1.54) is 6.07 Å². The van der Waals surface area contributed by atoms with Crippen molar-refractivity contribution < 1.29 is 18.0 Å². The molecule has 0 saturated heterocycles. The maximum atomic E-state index is 11.6. The Balaban J connectivity index is 2.88. The summed E-state index contributed by atoms with van der Waals surface area (Å²) in [5.41, 5.74) is 0. The SMILES string of the molecule is O=C(n1cccn1)C(F)(F)F. The smallest absolute Gasteiger partial charge is 0.262 e. The summed E-state index contributed by atoms with van der Waals surface area (Å²) in [4.78, 5) is 10.3. The number of nitrogens with zero attached hydrogens (tertiary/aromatic N) is 2. The molecule has 0 aliphatic carbocycles. The maximum absolute atomic E-state index is 11.6. The third-order valence-corrected chi connectivity index (χ3v) is 0.955. The van der Waals surface area contributed by atoms with Crippen LogP contribution in [0.15, 0.2) is 18.5 Å². The van der Waals surface area contributed by atoms with Crippen LogP contribution >= 0.6 is 0 Å². The van der Waals surface area contributed by atoms with Crippen molar-refractivity contribution in [1.82, 2.24) is 9.78 Å². The summed E-state index contributed by atoms with van der Waals surface area (Å²) >= 11 is 0. The van der Waals surface area contributed by atoms with Gasteiger partial charge in [0.15, 0.2) is 0 Å². The van der Waals surface area contributed by atoms with E-state index in [-0.39, 0.29) is 4.68 Å². The molecule has 0 amide bonds. The van der Waals surface area contributed by atoms with Gasteiger partial charge in [0.2, 0.25) is 0 Å². The molecule has 0 aromatic carbocycles. The zero-order chi connectivity index (χ0) is 8.48. The van der Waals surface area contributed by atoms with Crippen LogP contribution in [0.2, 0.25) is 0 Å². The van der Waals surface area contributed by atoms with Gasteiger partial charge in [-0.3, -0.25) is 4.79 Å². The quantitative estimate of drug-likeness (QED) is 0.575. The van der Waals surface area contributed by atoms with Crippen molar-refractivity contribution in [3.8, 4) is 0 Å². The summed E-state index contributed by atoms with van der Waals surface area (Å²) in [7, 11) is 0. The maximum Gasteiger partial charge on any atom is 0.473 e. The first-order valence-electron chi connectivity index (χ1n) is 2.63. The second kappa shape index (κ2) is 2.37. The number of carbonyl (C=O) groups excluding carboxylic acids is 1. The molecule has 11 heavy (non-hydrogen) atoms. The summed E-state index contributed by atoms with van der Waals surface area (Å²) < 4.78 is 35.0. The summed E-state index contributed by atoms with van der Waals surface area (Å²) in [6.07, 6.45) is -2.81. The largest absolute Gasteiger partial charge is 0.473 e. The number of rotatable bonds is 0. The monoisotopic (exact) mass is 164 g/mol. The highest BCUT2D eigenvalue weighted by atomic mass is 19.4. The Bertz CT molecular complexity index is 251. The highest BCUT2D eigenvalue weighted by Gasteiger charge is 2.40. The molecular formula is C5H3F3N2O. The lowest BCUT2D eigenvalue weighted by atomic mass is 10.6. The first kappa shape index (κ1) is 7.77. The van der Waals surface area contributed by atoms with Gasteiger partial charge in [0.25, 0.3) is 0 Å². The standard InChI is InChI=1S/C5H3F3N2O/c6-5(7,8)4(11)10-3-1-2-9-10/h1-3H. The molecule has 1 rings (SSSR count). The van der Waals surface area contributed by atoms with Gasteiger partial charge in [-0.15, -0.1) is 0 Å². The third-order valence-electron chi connectivity index (χ3n) is 0.955. The molecular weight excluding hydrogens is 161 g/mol. The van der Waals surface area contributed by atoms with Crippen LogP contribution in [0.5, 0.6) is 0 Å². The van der Waals surface area contributed by atoms with Crippen molar-refractivity contribution in [2.75, 3.05) is 0 Å². The van der Waals surface area contributed by atoms with Crippen LogP contribution in [0.25, 0.3) is 0 Å². The summed E-state index contributed by atoms with van der Waals surface area (Å²) in [5, 5.41) is 3.13. The minimum absolute atomic E-state index is 0.236. The summed E-state index contributed by atoms with van der Waals surface area (Å²) in [6.45, 7) is 0. The number of alkyl halides is 3. The van der Waals surface area contributed by atoms with Gasteiger partial charge in [-0.25, -0.2) is 4.68 Å². The molecule has 6 heteroatoms. The molecule has 1 aromatic heterocycles. The van der Waals surface area contributed by atoms with E-state index in [4.69, 9.17) is 0 Å². The van der Waals surface area contributed by atoms with Crippen LogP contribution in [-0.2, 0) is 0 Å². The summed E-state index contributed by atoms with van der Waals surface area (Å²) in [6, 6.07) is 1.24. The predicted molar refractivity (Wildman–Crippen MR) is 28.9 cm³/mol. The molecule has 0 aliphatic heterocycles. The van der Waals surface area contributed by atoms with Crippen LogP contribution in [0, 0.1) is 0 Å². The Hall–Kier alpha value is -1.33. The fourth-order valence-electron chi connectivity index (χ4n) is 0.519. The third kappa shape index (κ3) is 1.57. The van der Waals surface area contributed by atoms with E-state index >= 15 is 0 Å². The first-order chi connectivity index (χ1) is 5.02. The Kier molecular flexibility index (Phi) is 1.67. The van der Waals surface area contributed by atoms with Gasteiger partial charge in [0.1, 0.15) is 0 Å². The van der Waals surface area contributed by atoms with E-state index in [1.807, 2.05) is 0 Å². The second-order valence-electron chi connectivity index (χ2n) is 1.75. The molecule has 0 atom stereocenters. The van der Waals surface area contributed by atoms with Crippen LogP contribution in [0.1, 0.15) is 4.79 Å². The molecule has 0 bridgehead atoms. The number of halogens is 3. The zero-order valence-electron chi connectivity index (χ0n) is 5.17. The molecule has 0 aliphatic rings. The van der Waals surface area contributed by atoms with Crippen molar-refractivity contribution in [2.45, 2.75) is 6.18 Å². The first-order valence-corrected chi connectivity index (χ1v) is 2.63. The second-order valence-corrected chi connectivity index (χ2v) is 1.75. The zero-order valence-corrected chi connectivity index (χ0v) is 5.17. The Morgan fingerprint density at radius 3 is 2.45 bits per heavy atom. The van der Waals surface area contributed by atoms with E-state index in [1.54, 1.807) is 0 Å². The van der Waals surface area contributed by atoms with Crippen molar-refractivity contribution in [1.29, 1.82) is 0 Å². The van der Waals surface area contributed by atoms with Gasteiger partial charge in [0, 0.05) is 12.4 Å². The lowest BCUT2D eigenvalue weighted by Gasteiger charge is -2.02. The highest BCUT2D eigenvalue weighted by Crippen LogP contribution is 2.16. The van der Waals surface area contributed by atoms with Gasteiger partial charge in [-0.1, -0.05) is 0 Å². The molecule has 0 saturated carbocycles. The fraction of sp³-hybridized carbons (Fsp3) is 0.200. The average molecular weight is 164 g/mol. The van der Waals surface area contributed by atoms with Gasteiger partial charge < -0.3 is 0 Å². The van der Waals surface area contributed by atoms with Crippen LogP contribution in [0.4, 0.5) is 13.2 Å². The Morgan fingerprint density at radius 1 is 1.45 bits per heavy atom. The van der Waals surface area contributed by atoms with Crippen molar-refractivity contribution in [2.24, 2.45) is 0 Å². The molecule has 60 valence electrons. The average Bonchev–Trinajstić information content (AvgIpc) is 2.34. The number of aromatic nitrogens is 2. The van der Waals surface area contributed by atoms with Gasteiger partial charge in [-0.05, 0) is 6.07 Å². The Morgan fingerprint density at radius 2 is 2.09 bits per heavy atom. The van der Waals surface area contributed by atoms with Crippen LogP contribution in [0.3, 0.4) is 0 Å². The number of carbonyl (C=O) groups is 1. The molecule has 0 fully saturated rings. The lowest BCUT2D eigenvalue weighted by molar-refractivity contribution is -0.0955. The molecule has 0 radical (unpaired) electrons.